The minimum Gasteiger partial charge on any atom is -0.755 e. The molecule has 1 aromatic rings. The Morgan fingerprint density at radius 1 is 1.52 bits per heavy atom. The van der Waals surface area contributed by atoms with Crippen molar-refractivity contribution in [1.82, 2.24) is 4.90 Å². The average Bonchev–Trinajstić information content (AvgIpc) is 2.40. The van der Waals surface area contributed by atoms with Crippen molar-refractivity contribution in [2.24, 2.45) is 0 Å². The summed E-state index contributed by atoms with van der Waals surface area (Å²) < 4.78 is 30.0. The van der Waals surface area contributed by atoms with E-state index >= 15 is 0 Å². The zero-order valence-electron chi connectivity index (χ0n) is 11.8. The molecule has 2 unspecified atom stereocenters. The van der Waals surface area contributed by atoms with Crippen molar-refractivity contribution in [2.45, 2.75) is 18.9 Å². The molecule has 1 aromatic carbocycles. The lowest BCUT2D eigenvalue weighted by atomic mass is 10.1. The Morgan fingerprint density at radius 2 is 2.19 bits per heavy atom. The van der Waals surface area contributed by atoms with Gasteiger partial charge >= 0.3 is 0 Å². The van der Waals surface area contributed by atoms with E-state index < -0.39 is 11.3 Å². The molecule has 1 heterocycles. The van der Waals surface area contributed by atoms with E-state index in [1.807, 2.05) is 0 Å². The molecule has 0 saturated carbocycles. The number of ether oxygens (including phenoxy) is 1. The summed E-state index contributed by atoms with van der Waals surface area (Å²) in [5.74, 6) is 0.542. The molecule has 1 aliphatic rings. The van der Waals surface area contributed by atoms with Crippen molar-refractivity contribution in [3.05, 3.63) is 23.8 Å². The van der Waals surface area contributed by atoms with Crippen LogP contribution in [0, 0.1) is 5.41 Å². The van der Waals surface area contributed by atoms with Crippen LogP contribution in [0.1, 0.15) is 18.4 Å². The minimum atomic E-state index is -2.43. The fraction of sp³-hybridized carbons (Fsp3) is 0.462. The second kappa shape index (κ2) is 7.31. The molecule has 116 valence electrons. The van der Waals surface area contributed by atoms with Crippen molar-refractivity contribution in [3.63, 3.8) is 0 Å². The second-order valence-electron chi connectivity index (χ2n) is 5.05. The first kappa shape index (κ1) is 16.4. The van der Waals surface area contributed by atoms with Gasteiger partial charge in [-0.2, -0.15) is 0 Å². The summed E-state index contributed by atoms with van der Waals surface area (Å²) in [7, 11) is 4.36. The smallest absolute Gasteiger partial charge is 0.131 e. The molecule has 8 heteroatoms. The highest BCUT2D eigenvalue weighted by atomic mass is 32.2. The zero-order valence-corrected chi connectivity index (χ0v) is 13.8. The predicted octanol–water partition coefficient (Wildman–Crippen LogP) is 1.57. The largest absolute Gasteiger partial charge is 0.755 e. The lowest BCUT2D eigenvalue weighted by Gasteiger charge is -2.30. The Bertz CT molecular complexity index is 547. The standard InChI is InChI=1S/C13H20N3O3PS/c1-16-7-5-9(6-8-16)19-11-4-2-3-10(15-21(17)18)12(11)13(14)20/h2-4,9,14-15H,5-8,20H2,1H3,(H,17,18)/p-1. The Morgan fingerprint density at radius 3 is 2.76 bits per heavy atom. The summed E-state index contributed by atoms with van der Waals surface area (Å²) in [6.07, 6.45) is 1.94. The predicted molar refractivity (Wildman–Crippen MR) is 86.7 cm³/mol. The lowest BCUT2D eigenvalue weighted by Crippen LogP contribution is -2.35. The number of piperidine rings is 1. The second-order valence-corrected chi connectivity index (χ2v) is 6.30. The van der Waals surface area contributed by atoms with Gasteiger partial charge in [0, 0.05) is 24.4 Å². The number of likely N-dealkylation sites (tertiary alicyclic amines) is 1. The number of hydrogen-bond donors (Lipinski definition) is 2. The maximum absolute atomic E-state index is 10.8. The third-order valence-corrected chi connectivity index (χ3v) is 4.12. The van der Waals surface area contributed by atoms with Gasteiger partial charge in [0.05, 0.1) is 16.7 Å². The van der Waals surface area contributed by atoms with Crippen LogP contribution in [-0.4, -0.2) is 45.4 Å². The van der Waals surface area contributed by atoms with Crippen LogP contribution in [0.2, 0.25) is 0 Å². The number of nitrogens with one attached hydrogen (secondary N) is 2. The highest BCUT2D eigenvalue weighted by molar-refractivity contribution is 7.80. The van der Waals surface area contributed by atoms with Crippen LogP contribution in [0.4, 0.5) is 5.69 Å². The zero-order chi connectivity index (χ0) is 15.4. The van der Waals surface area contributed by atoms with Gasteiger partial charge in [-0.15, -0.1) is 0 Å². The molecule has 1 saturated heterocycles. The Labute approximate surface area is 129 Å². The summed E-state index contributed by atoms with van der Waals surface area (Å²) >= 11 is -2.43. The molecule has 2 rings (SSSR count). The van der Waals surface area contributed by atoms with Crippen molar-refractivity contribution in [2.75, 3.05) is 24.9 Å². The third-order valence-electron chi connectivity index (χ3n) is 3.45. The molecule has 0 amide bonds. The summed E-state index contributed by atoms with van der Waals surface area (Å²) in [6, 6.07) is 5.10. The van der Waals surface area contributed by atoms with Crippen LogP contribution in [0.25, 0.3) is 0 Å². The van der Waals surface area contributed by atoms with Gasteiger partial charge in [-0.1, -0.05) is 15.3 Å². The molecule has 1 aliphatic heterocycles. The van der Waals surface area contributed by atoms with Gasteiger partial charge in [-0.05, 0) is 32.0 Å². The summed E-state index contributed by atoms with van der Waals surface area (Å²) in [4.78, 5) is 2.25. The first-order chi connectivity index (χ1) is 9.97. The summed E-state index contributed by atoms with van der Waals surface area (Å²) in [5.41, 5.74) is 1.01. The van der Waals surface area contributed by atoms with Gasteiger partial charge < -0.3 is 24.3 Å². The van der Waals surface area contributed by atoms with E-state index in [1.165, 1.54) is 0 Å². The maximum Gasteiger partial charge on any atom is 0.131 e. The van der Waals surface area contributed by atoms with E-state index in [2.05, 4.69) is 25.9 Å². The van der Waals surface area contributed by atoms with E-state index in [-0.39, 0.29) is 11.6 Å². The molecule has 0 aliphatic carbocycles. The fourth-order valence-corrected chi connectivity index (χ4v) is 3.01. The monoisotopic (exact) mass is 328 g/mol. The van der Waals surface area contributed by atoms with Gasteiger partial charge in [-0.25, -0.2) is 0 Å². The fourth-order valence-electron chi connectivity index (χ4n) is 2.36. The molecular weight excluding hydrogens is 309 g/mol. The average molecular weight is 328 g/mol. The molecule has 21 heavy (non-hydrogen) atoms. The first-order valence-corrected chi connectivity index (χ1v) is 8.31. The van der Waals surface area contributed by atoms with Crippen molar-refractivity contribution in [1.29, 1.82) is 5.41 Å². The van der Waals surface area contributed by atoms with Gasteiger partial charge in [0.2, 0.25) is 0 Å². The van der Waals surface area contributed by atoms with E-state index in [0.29, 0.717) is 17.0 Å². The van der Waals surface area contributed by atoms with Crippen LogP contribution in [0.3, 0.4) is 0 Å². The van der Waals surface area contributed by atoms with Crippen LogP contribution in [0.15, 0.2) is 18.2 Å². The molecule has 0 radical (unpaired) electrons. The third kappa shape index (κ3) is 4.48. The number of anilines is 1. The Balaban J connectivity index is 2.22. The highest BCUT2D eigenvalue weighted by Crippen LogP contribution is 2.31. The normalized spacial score (nSPS) is 18.2. The topological polar surface area (TPSA) is 88.5 Å². The lowest BCUT2D eigenvalue weighted by molar-refractivity contribution is 0.114. The maximum atomic E-state index is 10.8. The number of hydrogen-bond acceptors (Lipinski definition) is 5. The molecular formula is C13H19N3O3PS-. The Kier molecular flexibility index (Phi) is 5.70. The molecule has 2 atom stereocenters. The van der Waals surface area contributed by atoms with Gasteiger partial charge in [0.25, 0.3) is 0 Å². The van der Waals surface area contributed by atoms with E-state index in [0.717, 1.165) is 25.9 Å². The molecule has 2 N–H and O–H groups in total. The van der Waals surface area contributed by atoms with E-state index in [4.69, 9.17) is 10.1 Å². The van der Waals surface area contributed by atoms with Gasteiger partial charge in [0.1, 0.15) is 11.9 Å². The highest BCUT2D eigenvalue weighted by Gasteiger charge is 2.20. The number of rotatable bonds is 5. The van der Waals surface area contributed by atoms with Crippen LogP contribution >= 0.6 is 9.24 Å². The molecule has 0 aromatic heterocycles. The SMILES string of the molecule is CN1CCC(Oc2cccc(NS(=O)[O-])c2C(=N)P)CC1. The number of nitrogens with zero attached hydrogens (tertiary/aromatic N) is 1. The van der Waals surface area contributed by atoms with Gasteiger partial charge in [-0.3, -0.25) is 4.21 Å². The first-order valence-electron chi connectivity index (χ1n) is 6.66. The molecule has 0 spiro atoms. The minimum absolute atomic E-state index is 0.0947. The molecule has 0 bridgehead atoms. The van der Waals surface area contributed by atoms with E-state index in [9.17, 15) is 8.76 Å². The van der Waals surface area contributed by atoms with Crippen molar-refractivity contribution >= 4 is 31.6 Å². The Hall–Kier alpha value is -1.01. The van der Waals surface area contributed by atoms with Crippen LogP contribution < -0.4 is 9.46 Å². The van der Waals surface area contributed by atoms with Crippen molar-refractivity contribution < 1.29 is 13.5 Å². The summed E-state index contributed by atoms with van der Waals surface area (Å²) in [6.45, 7) is 1.95. The molecule has 1 fully saturated rings. The summed E-state index contributed by atoms with van der Waals surface area (Å²) in [5, 5.41) is 7.84. The quantitative estimate of drug-likeness (QED) is 0.488. The number of benzene rings is 1. The van der Waals surface area contributed by atoms with E-state index in [1.54, 1.807) is 18.2 Å². The van der Waals surface area contributed by atoms with Crippen LogP contribution in [0.5, 0.6) is 5.75 Å². The van der Waals surface area contributed by atoms with Crippen LogP contribution in [-0.2, 0) is 11.3 Å². The molecule has 6 nitrogen and oxygen atoms in total. The van der Waals surface area contributed by atoms with Crippen molar-refractivity contribution in [3.8, 4) is 5.75 Å². The van der Waals surface area contributed by atoms with Gasteiger partial charge in [0.15, 0.2) is 0 Å².